The van der Waals surface area contributed by atoms with E-state index in [1.165, 1.54) is 11.8 Å². The Kier molecular flexibility index (Phi) is 5.87. The van der Waals surface area contributed by atoms with Crippen LogP contribution < -0.4 is 0 Å². The predicted molar refractivity (Wildman–Crippen MR) is 114 cm³/mol. The summed E-state index contributed by atoms with van der Waals surface area (Å²) in [6.07, 6.45) is 1.64. The summed E-state index contributed by atoms with van der Waals surface area (Å²) in [4.78, 5) is 17.4. The maximum atomic E-state index is 12.6. The SMILES string of the molecule is CCOC(=O)c1c(SC)nn2cc3c(nc12)[C@@H](OC)O[C@@H]1COC(c2ccccc2)O[C@@H]31. The number of nitrogens with zero attached hydrogens (tertiary/aromatic N) is 3. The van der Waals surface area contributed by atoms with Crippen molar-refractivity contribution in [2.24, 2.45) is 0 Å². The van der Waals surface area contributed by atoms with Gasteiger partial charge in [0.2, 0.25) is 6.29 Å². The van der Waals surface area contributed by atoms with E-state index < -0.39 is 24.7 Å². The maximum absolute atomic E-state index is 12.6. The molecule has 1 aromatic carbocycles. The molecule has 32 heavy (non-hydrogen) atoms. The Morgan fingerprint density at radius 3 is 2.81 bits per heavy atom. The van der Waals surface area contributed by atoms with Gasteiger partial charge in [-0.1, -0.05) is 30.3 Å². The zero-order valence-electron chi connectivity index (χ0n) is 17.9. The molecule has 0 radical (unpaired) electrons. The Bertz CT molecular complexity index is 1140. The summed E-state index contributed by atoms with van der Waals surface area (Å²) >= 11 is 1.36. The van der Waals surface area contributed by atoms with E-state index in [9.17, 15) is 4.79 Å². The van der Waals surface area contributed by atoms with Crippen molar-refractivity contribution in [2.45, 2.75) is 36.7 Å². The molecule has 0 saturated carbocycles. The second kappa shape index (κ2) is 8.80. The van der Waals surface area contributed by atoms with Crippen molar-refractivity contribution in [3.63, 3.8) is 0 Å². The molecule has 2 aliphatic heterocycles. The first-order valence-corrected chi connectivity index (χ1v) is 11.5. The number of carbonyl (C=O) groups excluding carboxylic acids is 1. The van der Waals surface area contributed by atoms with Crippen molar-refractivity contribution in [3.05, 3.63) is 58.9 Å². The van der Waals surface area contributed by atoms with Crippen molar-refractivity contribution >= 4 is 23.4 Å². The number of rotatable bonds is 5. The first-order chi connectivity index (χ1) is 15.6. The van der Waals surface area contributed by atoms with Crippen molar-refractivity contribution in [1.82, 2.24) is 14.6 Å². The minimum atomic E-state index is -0.723. The van der Waals surface area contributed by atoms with Crippen molar-refractivity contribution in [2.75, 3.05) is 26.6 Å². The van der Waals surface area contributed by atoms with Crippen LogP contribution in [0.25, 0.3) is 5.65 Å². The summed E-state index contributed by atoms with van der Waals surface area (Å²) in [6, 6.07) is 9.74. The molecule has 3 aromatic rings. The number of fused-ring (bicyclic) bond motifs is 4. The van der Waals surface area contributed by atoms with E-state index in [0.717, 1.165) is 11.1 Å². The Labute approximate surface area is 189 Å². The predicted octanol–water partition coefficient (Wildman–Crippen LogP) is 3.46. The summed E-state index contributed by atoms with van der Waals surface area (Å²) < 4.78 is 30.7. The Morgan fingerprint density at radius 1 is 1.28 bits per heavy atom. The largest absolute Gasteiger partial charge is 0.462 e. The molecular formula is C22H23N3O6S. The summed E-state index contributed by atoms with van der Waals surface area (Å²) in [6.45, 7) is 2.36. The zero-order chi connectivity index (χ0) is 22.2. The molecule has 5 rings (SSSR count). The van der Waals surface area contributed by atoms with Crippen LogP contribution in [0.4, 0.5) is 0 Å². The molecule has 168 valence electrons. The van der Waals surface area contributed by atoms with Gasteiger partial charge in [0.25, 0.3) is 0 Å². The lowest BCUT2D eigenvalue weighted by Crippen LogP contribution is -2.42. The monoisotopic (exact) mass is 457 g/mol. The molecule has 0 spiro atoms. The third-order valence-electron chi connectivity index (χ3n) is 5.44. The maximum Gasteiger partial charge on any atom is 0.344 e. The number of carbonyl (C=O) groups is 1. The molecule has 0 amide bonds. The molecule has 0 bridgehead atoms. The zero-order valence-corrected chi connectivity index (χ0v) is 18.7. The molecule has 2 aliphatic rings. The minimum absolute atomic E-state index is 0.261. The Balaban J connectivity index is 1.60. The number of aromatic nitrogens is 3. The molecule has 4 atom stereocenters. The third-order valence-corrected chi connectivity index (χ3v) is 6.12. The number of ether oxygens (including phenoxy) is 5. The van der Waals surface area contributed by atoms with Crippen LogP contribution in [0, 0.1) is 0 Å². The second-order valence-corrected chi connectivity index (χ2v) is 8.12. The number of hydrogen-bond acceptors (Lipinski definition) is 9. The molecule has 9 nitrogen and oxygen atoms in total. The fraction of sp³-hybridized carbons (Fsp3) is 0.409. The van der Waals surface area contributed by atoms with E-state index in [1.807, 2.05) is 42.8 Å². The van der Waals surface area contributed by atoms with Crippen LogP contribution in [0.5, 0.6) is 0 Å². The van der Waals surface area contributed by atoms with Crippen LogP contribution in [0.3, 0.4) is 0 Å². The minimum Gasteiger partial charge on any atom is -0.462 e. The standard InChI is InChI=1S/C22H23N3O6S/c1-4-28-20(26)15-18-23-16-13(10-25(18)24-19(15)32-3)17-14(30-22(16)27-2)11-29-21(31-17)12-8-6-5-7-9-12/h5-10,14,17,21-22H,4,11H2,1-3H3/t14-,17+,21?,22+/m1/s1. The van der Waals surface area contributed by atoms with Gasteiger partial charge in [-0.15, -0.1) is 11.8 Å². The van der Waals surface area contributed by atoms with Crippen molar-refractivity contribution in [3.8, 4) is 0 Å². The van der Waals surface area contributed by atoms with Crippen LogP contribution in [-0.4, -0.2) is 53.3 Å². The molecule has 10 heteroatoms. The number of benzene rings is 1. The summed E-state index contributed by atoms with van der Waals surface area (Å²) in [5, 5.41) is 5.10. The lowest BCUT2D eigenvalue weighted by atomic mass is 9.99. The van der Waals surface area contributed by atoms with Crippen LogP contribution in [-0.2, 0) is 23.7 Å². The summed E-state index contributed by atoms with van der Waals surface area (Å²) in [7, 11) is 1.55. The van der Waals surface area contributed by atoms with E-state index in [4.69, 9.17) is 28.7 Å². The van der Waals surface area contributed by atoms with Gasteiger partial charge >= 0.3 is 5.97 Å². The molecule has 0 N–H and O–H groups in total. The highest BCUT2D eigenvalue weighted by Gasteiger charge is 2.44. The Hall–Kier alpha value is -2.50. The second-order valence-electron chi connectivity index (χ2n) is 7.33. The fourth-order valence-electron chi connectivity index (χ4n) is 4.00. The first-order valence-electron chi connectivity index (χ1n) is 10.3. The van der Waals surface area contributed by atoms with Crippen LogP contribution in [0.15, 0.2) is 41.6 Å². The van der Waals surface area contributed by atoms with Crippen LogP contribution in [0.2, 0.25) is 0 Å². The summed E-state index contributed by atoms with van der Waals surface area (Å²) in [5.74, 6) is -0.464. The van der Waals surface area contributed by atoms with Crippen LogP contribution >= 0.6 is 11.8 Å². The van der Waals surface area contributed by atoms with E-state index in [0.29, 0.717) is 28.5 Å². The number of hydrogen-bond donors (Lipinski definition) is 0. The molecule has 4 heterocycles. The van der Waals surface area contributed by atoms with Gasteiger partial charge in [-0.2, -0.15) is 5.10 Å². The van der Waals surface area contributed by atoms with Gasteiger partial charge in [0.15, 0.2) is 11.9 Å². The van der Waals surface area contributed by atoms with E-state index >= 15 is 0 Å². The topological polar surface area (TPSA) is 93.4 Å². The molecule has 1 saturated heterocycles. The fourth-order valence-corrected chi connectivity index (χ4v) is 4.55. The van der Waals surface area contributed by atoms with E-state index in [1.54, 1.807) is 18.5 Å². The molecular weight excluding hydrogens is 434 g/mol. The van der Waals surface area contributed by atoms with Crippen molar-refractivity contribution < 1.29 is 28.5 Å². The molecule has 2 aromatic heterocycles. The quantitative estimate of drug-likeness (QED) is 0.422. The molecule has 1 unspecified atom stereocenters. The molecule has 0 aliphatic carbocycles. The highest BCUT2D eigenvalue weighted by molar-refractivity contribution is 7.98. The Morgan fingerprint density at radius 2 is 2.09 bits per heavy atom. The van der Waals surface area contributed by atoms with E-state index in [2.05, 4.69) is 5.10 Å². The summed E-state index contributed by atoms with van der Waals surface area (Å²) in [5.41, 5.74) is 2.98. The number of esters is 1. The van der Waals surface area contributed by atoms with Crippen molar-refractivity contribution in [1.29, 1.82) is 0 Å². The van der Waals surface area contributed by atoms with E-state index in [-0.39, 0.29) is 12.7 Å². The van der Waals surface area contributed by atoms with Gasteiger partial charge < -0.3 is 23.7 Å². The lowest BCUT2D eigenvalue weighted by Gasteiger charge is -2.41. The highest BCUT2D eigenvalue weighted by atomic mass is 32.2. The first kappa shape index (κ1) is 21.4. The average Bonchev–Trinajstić information content (AvgIpc) is 3.20. The number of methoxy groups -OCH3 is 1. The number of thioether (sulfide) groups is 1. The smallest absolute Gasteiger partial charge is 0.344 e. The average molecular weight is 458 g/mol. The highest BCUT2D eigenvalue weighted by Crippen LogP contribution is 2.44. The molecule has 1 fully saturated rings. The lowest BCUT2D eigenvalue weighted by molar-refractivity contribution is -0.307. The van der Waals surface area contributed by atoms with Gasteiger partial charge in [0.05, 0.1) is 13.2 Å². The van der Waals surface area contributed by atoms with Gasteiger partial charge in [-0.05, 0) is 13.2 Å². The van der Waals surface area contributed by atoms with Gasteiger partial charge in [0, 0.05) is 24.4 Å². The normalized spacial score (nSPS) is 24.7. The van der Waals surface area contributed by atoms with Gasteiger partial charge in [-0.25, -0.2) is 14.3 Å². The van der Waals surface area contributed by atoms with Crippen LogP contribution in [0.1, 0.15) is 52.8 Å². The van der Waals surface area contributed by atoms with Gasteiger partial charge in [-0.3, -0.25) is 0 Å². The third kappa shape index (κ3) is 3.57. The van der Waals surface area contributed by atoms with Gasteiger partial charge in [0.1, 0.15) is 28.5 Å².